The highest BCUT2D eigenvalue weighted by Crippen LogP contribution is 2.20. The Morgan fingerprint density at radius 2 is 2.22 bits per heavy atom. The number of pyridine rings is 1. The van der Waals surface area contributed by atoms with Gasteiger partial charge in [-0.3, -0.25) is 4.98 Å². The normalized spacial score (nSPS) is 14.1. The molecule has 0 N–H and O–H groups in total. The number of methoxy groups -OCH3 is 1. The van der Waals surface area contributed by atoms with Crippen LogP contribution in [0.25, 0.3) is 5.57 Å². The lowest BCUT2D eigenvalue weighted by molar-refractivity contribution is 0.0600. The number of carbonyl (C=O) groups is 1. The van der Waals surface area contributed by atoms with E-state index in [-0.39, 0.29) is 5.97 Å². The first-order valence-corrected chi connectivity index (χ1v) is 6.13. The van der Waals surface area contributed by atoms with Gasteiger partial charge in [0.15, 0.2) is 0 Å². The van der Waals surface area contributed by atoms with Crippen LogP contribution in [0.15, 0.2) is 24.4 Å². The molecule has 4 heteroatoms. The molecule has 18 heavy (non-hydrogen) atoms. The van der Waals surface area contributed by atoms with E-state index in [4.69, 9.17) is 4.74 Å². The van der Waals surface area contributed by atoms with Crippen LogP contribution in [0.1, 0.15) is 36.3 Å². The van der Waals surface area contributed by atoms with Crippen molar-refractivity contribution in [3.63, 3.8) is 0 Å². The predicted molar refractivity (Wildman–Crippen MR) is 70.3 cm³/mol. The molecule has 2 rings (SSSR count). The molecule has 0 radical (unpaired) electrons. The second-order valence-electron chi connectivity index (χ2n) is 3.48. The first-order chi connectivity index (χ1) is 8.81. The third-order valence-electron chi connectivity index (χ3n) is 2.47. The summed E-state index contributed by atoms with van der Waals surface area (Å²) >= 11 is 0. The standard InChI is InChI=1S/C12H13NO3.C2H6/c1-15-12(14)10-2-5-13-11(8-10)9-3-6-16-7-4-9;1-2/h2-3,5,8H,4,6-7H2,1H3;1-2H3. The fourth-order valence-corrected chi connectivity index (χ4v) is 1.61. The minimum Gasteiger partial charge on any atom is -0.465 e. The molecule has 2 heterocycles. The number of hydrogen-bond acceptors (Lipinski definition) is 4. The second kappa shape index (κ2) is 7.61. The highest BCUT2D eigenvalue weighted by Gasteiger charge is 2.11. The molecular formula is C14H19NO3. The van der Waals surface area contributed by atoms with Crippen LogP contribution in [0.4, 0.5) is 0 Å². The Bertz CT molecular complexity index is 427. The van der Waals surface area contributed by atoms with Crippen molar-refractivity contribution in [2.45, 2.75) is 20.3 Å². The highest BCUT2D eigenvalue weighted by atomic mass is 16.5. The van der Waals surface area contributed by atoms with Gasteiger partial charge in [-0.15, -0.1) is 0 Å². The minimum atomic E-state index is -0.337. The average molecular weight is 249 g/mol. The predicted octanol–water partition coefficient (Wildman–Crippen LogP) is 2.70. The number of carbonyl (C=O) groups excluding carboxylic acids is 1. The van der Waals surface area contributed by atoms with E-state index in [1.165, 1.54) is 7.11 Å². The number of aromatic nitrogens is 1. The van der Waals surface area contributed by atoms with Crippen molar-refractivity contribution in [2.75, 3.05) is 20.3 Å². The van der Waals surface area contributed by atoms with E-state index in [2.05, 4.69) is 9.72 Å². The summed E-state index contributed by atoms with van der Waals surface area (Å²) in [7, 11) is 1.37. The maximum atomic E-state index is 11.4. The molecule has 0 fully saturated rings. The van der Waals surface area contributed by atoms with E-state index in [0.717, 1.165) is 17.7 Å². The fourth-order valence-electron chi connectivity index (χ4n) is 1.61. The van der Waals surface area contributed by atoms with Gasteiger partial charge in [0.05, 0.1) is 31.6 Å². The van der Waals surface area contributed by atoms with Crippen molar-refractivity contribution in [1.82, 2.24) is 4.98 Å². The van der Waals surface area contributed by atoms with Gasteiger partial charge in [0, 0.05) is 6.20 Å². The van der Waals surface area contributed by atoms with Crippen LogP contribution in [0.3, 0.4) is 0 Å². The SMILES string of the molecule is CC.COC(=O)c1ccnc(C2=CCOCC2)c1. The molecule has 1 aliphatic heterocycles. The Morgan fingerprint density at radius 1 is 1.44 bits per heavy atom. The number of ether oxygens (including phenoxy) is 2. The van der Waals surface area contributed by atoms with E-state index in [0.29, 0.717) is 18.8 Å². The van der Waals surface area contributed by atoms with Gasteiger partial charge in [0.2, 0.25) is 0 Å². The van der Waals surface area contributed by atoms with Gasteiger partial charge < -0.3 is 9.47 Å². The Kier molecular flexibility index (Phi) is 6.08. The zero-order valence-electron chi connectivity index (χ0n) is 11.1. The molecule has 0 saturated heterocycles. The number of nitrogens with zero attached hydrogens (tertiary/aromatic N) is 1. The van der Waals surface area contributed by atoms with Gasteiger partial charge >= 0.3 is 5.97 Å². The summed E-state index contributed by atoms with van der Waals surface area (Å²) in [5, 5.41) is 0. The fraction of sp³-hybridized carbons (Fsp3) is 0.429. The summed E-state index contributed by atoms with van der Waals surface area (Å²) in [5.74, 6) is -0.337. The van der Waals surface area contributed by atoms with Gasteiger partial charge in [-0.2, -0.15) is 0 Å². The molecule has 0 amide bonds. The lowest BCUT2D eigenvalue weighted by Crippen LogP contribution is -2.07. The van der Waals surface area contributed by atoms with Gasteiger partial charge in [-0.25, -0.2) is 4.79 Å². The molecule has 1 aromatic heterocycles. The lowest BCUT2D eigenvalue weighted by atomic mass is 10.1. The molecular weight excluding hydrogens is 230 g/mol. The molecule has 1 aromatic rings. The Morgan fingerprint density at radius 3 is 2.83 bits per heavy atom. The number of rotatable bonds is 2. The lowest BCUT2D eigenvalue weighted by Gasteiger charge is -2.13. The number of esters is 1. The topological polar surface area (TPSA) is 48.4 Å². The molecule has 4 nitrogen and oxygen atoms in total. The molecule has 0 aliphatic carbocycles. The van der Waals surface area contributed by atoms with Crippen molar-refractivity contribution in [1.29, 1.82) is 0 Å². The monoisotopic (exact) mass is 249 g/mol. The maximum Gasteiger partial charge on any atom is 0.337 e. The Hall–Kier alpha value is -1.68. The van der Waals surface area contributed by atoms with Crippen molar-refractivity contribution < 1.29 is 14.3 Å². The first kappa shape index (κ1) is 14.4. The van der Waals surface area contributed by atoms with Crippen LogP contribution in [-0.2, 0) is 9.47 Å². The zero-order chi connectivity index (χ0) is 13.4. The van der Waals surface area contributed by atoms with Crippen LogP contribution in [-0.4, -0.2) is 31.3 Å². The summed E-state index contributed by atoms with van der Waals surface area (Å²) in [6.07, 6.45) is 4.45. The van der Waals surface area contributed by atoms with Gasteiger partial charge in [-0.05, 0) is 24.1 Å². The van der Waals surface area contributed by atoms with Gasteiger partial charge in [0.25, 0.3) is 0 Å². The van der Waals surface area contributed by atoms with Crippen LogP contribution >= 0.6 is 0 Å². The Labute approximate surface area is 108 Å². The Balaban J connectivity index is 0.000000771. The molecule has 0 spiro atoms. The third kappa shape index (κ3) is 3.67. The average Bonchev–Trinajstić information content (AvgIpc) is 2.49. The summed E-state index contributed by atoms with van der Waals surface area (Å²) in [6.45, 7) is 5.31. The van der Waals surface area contributed by atoms with Crippen molar-refractivity contribution in [3.05, 3.63) is 35.7 Å². The summed E-state index contributed by atoms with van der Waals surface area (Å²) in [6, 6.07) is 3.40. The van der Waals surface area contributed by atoms with Crippen molar-refractivity contribution in [3.8, 4) is 0 Å². The second-order valence-corrected chi connectivity index (χ2v) is 3.48. The number of hydrogen-bond donors (Lipinski definition) is 0. The van der Waals surface area contributed by atoms with Crippen LogP contribution in [0.2, 0.25) is 0 Å². The molecule has 98 valence electrons. The summed E-state index contributed by atoms with van der Waals surface area (Å²) < 4.78 is 9.89. The molecule has 0 saturated carbocycles. The van der Waals surface area contributed by atoms with E-state index >= 15 is 0 Å². The van der Waals surface area contributed by atoms with E-state index in [9.17, 15) is 4.79 Å². The molecule has 0 atom stereocenters. The van der Waals surface area contributed by atoms with Crippen LogP contribution in [0.5, 0.6) is 0 Å². The van der Waals surface area contributed by atoms with Crippen molar-refractivity contribution in [2.24, 2.45) is 0 Å². The zero-order valence-corrected chi connectivity index (χ0v) is 11.1. The smallest absolute Gasteiger partial charge is 0.337 e. The molecule has 0 bridgehead atoms. The third-order valence-corrected chi connectivity index (χ3v) is 2.47. The minimum absolute atomic E-state index is 0.337. The molecule has 0 unspecified atom stereocenters. The highest BCUT2D eigenvalue weighted by molar-refractivity contribution is 5.90. The molecule has 1 aliphatic rings. The molecule has 0 aromatic carbocycles. The van der Waals surface area contributed by atoms with Crippen LogP contribution < -0.4 is 0 Å². The largest absolute Gasteiger partial charge is 0.465 e. The van der Waals surface area contributed by atoms with E-state index in [1.54, 1.807) is 18.3 Å². The van der Waals surface area contributed by atoms with Crippen LogP contribution in [0, 0.1) is 0 Å². The van der Waals surface area contributed by atoms with Crippen molar-refractivity contribution >= 4 is 11.5 Å². The van der Waals surface area contributed by atoms with E-state index < -0.39 is 0 Å². The van der Waals surface area contributed by atoms with Gasteiger partial charge in [-0.1, -0.05) is 19.9 Å². The van der Waals surface area contributed by atoms with Gasteiger partial charge in [0.1, 0.15) is 0 Å². The first-order valence-electron chi connectivity index (χ1n) is 6.13. The van der Waals surface area contributed by atoms with E-state index in [1.807, 2.05) is 19.9 Å². The summed E-state index contributed by atoms with van der Waals surface area (Å²) in [5.41, 5.74) is 2.48. The maximum absolute atomic E-state index is 11.4. The summed E-state index contributed by atoms with van der Waals surface area (Å²) in [4.78, 5) is 15.6. The quantitative estimate of drug-likeness (QED) is 0.756.